The molecule has 0 unspecified atom stereocenters. The molecule has 1 aromatic heterocycles. The molecule has 5 heteroatoms. The molecular formula is C12H12N4O. The Morgan fingerprint density at radius 2 is 2.12 bits per heavy atom. The summed E-state index contributed by atoms with van der Waals surface area (Å²) in [6.07, 6.45) is 1.66. The lowest BCUT2D eigenvalue weighted by Gasteiger charge is -1.99. The number of nitrogens with one attached hydrogen (secondary N) is 2. The van der Waals surface area contributed by atoms with Crippen LogP contribution in [0.4, 0.5) is 5.95 Å². The van der Waals surface area contributed by atoms with Crippen LogP contribution in [0.15, 0.2) is 46.3 Å². The zero-order chi connectivity index (χ0) is 12.1. The van der Waals surface area contributed by atoms with E-state index in [4.69, 9.17) is 0 Å². The molecule has 86 valence electrons. The summed E-state index contributed by atoms with van der Waals surface area (Å²) in [5.41, 5.74) is 4.09. The number of hydrazone groups is 1. The van der Waals surface area contributed by atoms with Crippen molar-refractivity contribution < 1.29 is 0 Å². The summed E-state index contributed by atoms with van der Waals surface area (Å²) in [6, 6.07) is 11.1. The van der Waals surface area contributed by atoms with Gasteiger partial charge in [-0.25, -0.2) is 10.4 Å². The molecule has 0 aliphatic heterocycles. The number of rotatable bonds is 3. The molecule has 0 amide bonds. The van der Waals surface area contributed by atoms with Crippen LogP contribution < -0.4 is 11.0 Å². The number of hydrogen-bond acceptors (Lipinski definition) is 4. The fraction of sp³-hybridized carbons (Fsp3) is 0.0833. The number of anilines is 1. The van der Waals surface area contributed by atoms with Crippen molar-refractivity contribution in [3.05, 3.63) is 58.0 Å². The Kier molecular flexibility index (Phi) is 3.30. The van der Waals surface area contributed by atoms with Gasteiger partial charge in [-0.3, -0.25) is 9.78 Å². The second kappa shape index (κ2) is 5.07. The van der Waals surface area contributed by atoms with Gasteiger partial charge >= 0.3 is 0 Å². The van der Waals surface area contributed by atoms with Crippen LogP contribution >= 0.6 is 0 Å². The number of nitrogens with zero attached hydrogens (tertiary/aromatic N) is 2. The zero-order valence-electron chi connectivity index (χ0n) is 9.34. The molecule has 0 bridgehead atoms. The van der Waals surface area contributed by atoms with Gasteiger partial charge in [0, 0.05) is 11.8 Å². The number of H-pyrrole nitrogens is 1. The van der Waals surface area contributed by atoms with Crippen LogP contribution in [0.2, 0.25) is 0 Å². The van der Waals surface area contributed by atoms with E-state index < -0.39 is 0 Å². The second-order valence-corrected chi connectivity index (χ2v) is 3.52. The maximum Gasteiger partial charge on any atom is 0.252 e. The van der Waals surface area contributed by atoms with Gasteiger partial charge in [0.2, 0.25) is 5.95 Å². The summed E-state index contributed by atoms with van der Waals surface area (Å²) >= 11 is 0. The average molecular weight is 228 g/mol. The van der Waals surface area contributed by atoms with E-state index in [1.165, 1.54) is 6.07 Å². The van der Waals surface area contributed by atoms with Crippen LogP contribution in [0.25, 0.3) is 0 Å². The van der Waals surface area contributed by atoms with Crippen LogP contribution in [0, 0.1) is 6.92 Å². The maximum atomic E-state index is 11.2. The van der Waals surface area contributed by atoms with Gasteiger partial charge in [-0.1, -0.05) is 30.3 Å². The molecule has 17 heavy (non-hydrogen) atoms. The normalized spacial score (nSPS) is 10.6. The molecule has 2 aromatic rings. The van der Waals surface area contributed by atoms with Crippen molar-refractivity contribution in [2.75, 3.05) is 5.43 Å². The molecule has 0 aliphatic rings. The lowest BCUT2D eigenvalue weighted by Crippen LogP contribution is -2.10. The Morgan fingerprint density at radius 3 is 2.82 bits per heavy atom. The first-order valence-corrected chi connectivity index (χ1v) is 5.16. The van der Waals surface area contributed by atoms with Crippen LogP contribution in [0.1, 0.15) is 11.3 Å². The Labute approximate surface area is 98.2 Å². The summed E-state index contributed by atoms with van der Waals surface area (Å²) in [5.74, 6) is 0.335. The van der Waals surface area contributed by atoms with Gasteiger partial charge in [0.25, 0.3) is 5.56 Å². The fourth-order valence-corrected chi connectivity index (χ4v) is 1.34. The third-order valence-corrected chi connectivity index (χ3v) is 2.05. The molecular weight excluding hydrogens is 216 g/mol. The van der Waals surface area contributed by atoms with Crippen LogP contribution in [-0.4, -0.2) is 16.2 Å². The van der Waals surface area contributed by atoms with E-state index >= 15 is 0 Å². The Bertz CT molecular complexity index is 575. The van der Waals surface area contributed by atoms with E-state index in [2.05, 4.69) is 20.5 Å². The molecule has 0 fully saturated rings. The second-order valence-electron chi connectivity index (χ2n) is 3.52. The minimum atomic E-state index is -0.199. The Morgan fingerprint density at radius 1 is 1.35 bits per heavy atom. The summed E-state index contributed by atoms with van der Waals surface area (Å²) in [6.45, 7) is 1.75. The number of benzene rings is 1. The first kappa shape index (κ1) is 11.1. The van der Waals surface area contributed by atoms with E-state index in [1.807, 2.05) is 30.3 Å². The van der Waals surface area contributed by atoms with Gasteiger partial charge < -0.3 is 0 Å². The minimum absolute atomic E-state index is 0.199. The van der Waals surface area contributed by atoms with Crippen molar-refractivity contribution in [2.45, 2.75) is 6.92 Å². The molecule has 2 N–H and O–H groups in total. The fourth-order valence-electron chi connectivity index (χ4n) is 1.34. The molecule has 1 aromatic carbocycles. The predicted molar refractivity (Wildman–Crippen MR) is 67.3 cm³/mol. The van der Waals surface area contributed by atoms with Gasteiger partial charge in [-0.05, 0) is 12.5 Å². The van der Waals surface area contributed by atoms with Crippen LogP contribution in [0.3, 0.4) is 0 Å². The van der Waals surface area contributed by atoms with E-state index in [0.29, 0.717) is 11.6 Å². The lowest BCUT2D eigenvalue weighted by molar-refractivity contribution is 1.04. The van der Waals surface area contributed by atoms with E-state index in [1.54, 1.807) is 13.1 Å². The summed E-state index contributed by atoms with van der Waals surface area (Å²) < 4.78 is 0. The molecule has 1 heterocycles. The van der Waals surface area contributed by atoms with Gasteiger partial charge in [0.1, 0.15) is 0 Å². The molecule has 0 radical (unpaired) electrons. The smallest absolute Gasteiger partial charge is 0.252 e. The van der Waals surface area contributed by atoms with Crippen LogP contribution in [-0.2, 0) is 0 Å². The predicted octanol–water partition coefficient (Wildman–Crippen LogP) is 1.52. The molecule has 0 spiro atoms. The molecule has 0 atom stereocenters. The SMILES string of the molecule is Cc1cc(=O)[nH]c(N/N=C\c2ccccc2)n1. The molecule has 2 rings (SSSR count). The van der Waals surface area contributed by atoms with Crippen molar-refractivity contribution in [3.8, 4) is 0 Å². The summed E-state index contributed by atoms with van der Waals surface area (Å²) in [7, 11) is 0. The van der Waals surface area contributed by atoms with Crippen molar-refractivity contribution in [2.24, 2.45) is 5.10 Å². The quantitative estimate of drug-likeness (QED) is 0.618. The van der Waals surface area contributed by atoms with Crippen molar-refractivity contribution >= 4 is 12.2 Å². The standard InChI is InChI=1S/C12H12N4O/c1-9-7-11(17)15-12(14-9)16-13-8-10-5-3-2-4-6-10/h2-8H,1H3,(H2,14,15,16,17)/b13-8-. The van der Waals surface area contributed by atoms with Gasteiger partial charge in [0.15, 0.2) is 0 Å². The average Bonchev–Trinajstić information content (AvgIpc) is 2.29. The van der Waals surface area contributed by atoms with E-state index in [0.717, 1.165) is 5.56 Å². The lowest BCUT2D eigenvalue weighted by atomic mass is 10.2. The topological polar surface area (TPSA) is 70.1 Å². The number of aromatic amines is 1. The van der Waals surface area contributed by atoms with E-state index in [-0.39, 0.29) is 5.56 Å². The van der Waals surface area contributed by atoms with Gasteiger partial charge in [-0.2, -0.15) is 5.10 Å². The molecule has 0 saturated carbocycles. The molecule has 0 aliphatic carbocycles. The van der Waals surface area contributed by atoms with E-state index in [9.17, 15) is 4.79 Å². The highest BCUT2D eigenvalue weighted by Gasteiger charge is 1.94. The van der Waals surface area contributed by atoms with Gasteiger partial charge in [-0.15, -0.1) is 0 Å². The third-order valence-electron chi connectivity index (χ3n) is 2.05. The highest BCUT2D eigenvalue weighted by molar-refractivity contribution is 5.79. The monoisotopic (exact) mass is 228 g/mol. The maximum absolute atomic E-state index is 11.2. The summed E-state index contributed by atoms with van der Waals surface area (Å²) in [5, 5.41) is 3.99. The highest BCUT2D eigenvalue weighted by atomic mass is 16.1. The zero-order valence-corrected chi connectivity index (χ0v) is 9.34. The Hall–Kier alpha value is -2.43. The van der Waals surface area contributed by atoms with Crippen molar-refractivity contribution in [3.63, 3.8) is 0 Å². The number of hydrogen-bond donors (Lipinski definition) is 2. The highest BCUT2D eigenvalue weighted by Crippen LogP contribution is 1.97. The Balaban J connectivity index is 2.07. The van der Waals surface area contributed by atoms with Crippen LogP contribution in [0.5, 0.6) is 0 Å². The largest absolute Gasteiger partial charge is 0.291 e. The number of aryl methyl sites for hydroxylation is 1. The third kappa shape index (κ3) is 3.27. The molecule has 5 nitrogen and oxygen atoms in total. The summed E-state index contributed by atoms with van der Waals surface area (Å²) in [4.78, 5) is 17.8. The first-order chi connectivity index (χ1) is 8.24. The molecule has 0 saturated heterocycles. The van der Waals surface area contributed by atoms with Gasteiger partial charge in [0.05, 0.1) is 6.21 Å². The first-order valence-electron chi connectivity index (χ1n) is 5.16. The van der Waals surface area contributed by atoms with Crippen molar-refractivity contribution in [1.82, 2.24) is 9.97 Å². The number of aromatic nitrogens is 2. The minimum Gasteiger partial charge on any atom is -0.291 e. The van der Waals surface area contributed by atoms with Crippen molar-refractivity contribution in [1.29, 1.82) is 0 Å².